The second-order valence-electron chi connectivity index (χ2n) is 5.12. The third-order valence-electron chi connectivity index (χ3n) is 3.66. The van der Waals surface area contributed by atoms with Crippen LogP contribution in [0.5, 0.6) is 0 Å². The van der Waals surface area contributed by atoms with Gasteiger partial charge in [0.25, 0.3) is 0 Å². The standard InChI is InChI=1S/C15H20N2O3/c1-2-12(8-14(18)19)17-15(20)13-7-10-5-3-4-6-11(10)9-16-13/h3-6,12-13,16H,2,7-9H2,1H3,(H,17,20)(H,18,19)/t12?,13-/m0/s1. The molecule has 1 aliphatic heterocycles. The fourth-order valence-electron chi connectivity index (χ4n) is 2.45. The zero-order valence-corrected chi connectivity index (χ0v) is 11.6. The van der Waals surface area contributed by atoms with Gasteiger partial charge in [-0.05, 0) is 24.0 Å². The smallest absolute Gasteiger partial charge is 0.305 e. The van der Waals surface area contributed by atoms with Gasteiger partial charge < -0.3 is 15.7 Å². The average Bonchev–Trinajstić information content (AvgIpc) is 2.45. The highest BCUT2D eigenvalue weighted by atomic mass is 16.4. The Kier molecular flexibility index (Phi) is 4.74. The van der Waals surface area contributed by atoms with Crippen molar-refractivity contribution in [3.63, 3.8) is 0 Å². The largest absolute Gasteiger partial charge is 0.481 e. The molecule has 20 heavy (non-hydrogen) atoms. The summed E-state index contributed by atoms with van der Waals surface area (Å²) in [5.74, 6) is -1.01. The summed E-state index contributed by atoms with van der Waals surface area (Å²) in [4.78, 5) is 22.9. The molecule has 0 radical (unpaired) electrons. The highest BCUT2D eigenvalue weighted by molar-refractivity contribution is 5.83. The SMILES string of the molecule is CCC(CC(=O)O)NC(=O)[C@@H]1Cc2ccccc2CN1. The molecular formula is C15H20N2O3. The molecule has 0 spiro atoms. The lowest BCUT2D eigenvalue weighted by atomic mass is 9.95. The number of benzene rings is 1. The van der Waals surface area contributed by atoms with Gasteiger partial charge in [-0.2, -0.15) is 0 Å². The maximum absolute atomic E-state index is 12.2. The van der Waals surface area contributed by atoms with E-state index in [1.807, 2.05) is 25.1 Å². The van der Waals surface area contributed by atoms with E-state index in [0.717, 1.165) is 0 Å². The first kappa shape index (κ1) is 14.5. The summed E-state index contributed by atoms with van der Waals surface area (Å²) in [6, 6.07) is 7.45. The Morgan fingerprint density at radius 2 is 2.10 bits per heavy atom. The zero-order chi connectivity index (χ0) is 14.5. The Labute approximate surface area is 118 Å². The van der Waals surface area contributed by atoms with Crippen LogP contribution < -0.4 is 10.6 Å². The van der Waals surface area contributed by atoms with Crippen molar-refractivity contribution in [1.82, 2.24) is 10.6 Å². The molecule has 1 amide bonds. The summed E-state index contributed by atoms with van der Waals surface area (Å²) in [6.07, 6.45) is 1.22. The van der Waals surface area contributed by atoms with Crippen molar-refractivity contribution >= 4 is 11.9 Å². The molecule has 1 unspecified atom stereocenters. The first-order valence-corrected chi connectivity index (χ1v) is 6.92. The van der Waals surface area contributed by atoms with E-state index < -0.39 is 5.97 Å². The fourth-order valence-corrected chi connectivity index (χ4v) is 2.45. The van der Waals surface area contributed by atoms with Crippen LogP contribution in [0.3, 0.4) is 0 Å². The van der Waals surface area contributed by atoms with Gasteiger partial charge in [0.05, 0.1) is 12.5 Å². The van der Waals surface area contributed by atoms with Crippen molar-refractivity contribution in [2.45, 2.75) is 44.8 Å². The van der Waals surface area contributed by atoms with Crippen LogP contribution in [0.15, 0.2) is 24.3 Å². The van der Waals surface area contributed by atoms with Gasteiger partial charge >= 0.3 is 5.97 Å². The number of rotatable bonds is 5. The number of carboxylic acids is 1. The highest BCUT2D eigenvalue weighted by Crippen LogP contribution is 2.16. The van der Waals surface area contributed by atoms with E-state index in [1.165, 1.54) is 11.1 Å². The molecule has 5 heteroatoms. The van der Waals surface area contributed by atoms with E-state index in [0.29, 0.717) is 19.4 Å². The zero-order valence-electron chi connectivity index (χ0n) is 11.6. The number of carbonyl (C=O) groups excluding carboxylic acids is 1. The number of hydrogen-bond acceptors (Lipinski definition) is 3. The third kappa shape index (κ3) is 3.57. The third-order valence-corrected chi connectivity index (χ3v) is 3.66. The normalized spacial score (nSPS) is 18.9. The Hall–Kier alpha value is -1.88. The molecule has 1 aromatic carbocycles. The van der Waals surface area contributed by atoms with Crippen molar-refractivity contribution in [3.05, 3.63) is 35.4 Å². The van der Waals surface area contributed by atoms with Gasteiger partial charge in [0.1, 0.15) is 0 Å². The van der Waals surface area contributed by atoms with E-state index in [2.05, 4.69) is 16.7 Å². The number of aliphatic carboxylic acids is 1. The lowest BCUT2D eigenvalue weighted by Gasteiger charge is -2.27. The van der Waals surface area contributed by atoms with Crippen molar-refractivity contribution in [2.24, 2.45) is 0 Å². The van der Waals surface area contributed by atoms with Crippen molar-refractivity contribution in [2.75, 3.05) is 0 Å². The predicted octanol–water partition coefficient (Wildman–Crippen LogP) is 1.07. The maximum atomic E-state index is 12.2. The topological polar surface area (TPSA) is 78.4 Å². The second kappa shape index (κ2) is 6.52. The van der Waals surface area contributed by atoms with Gasteiger partial charge in [-0.3, -0.25) is 9.59 Å². The molecule has 108 valence electrons. The first-order chi connectivity index (χ1) is 9.60. The van der Waals surface area contributed by atoms with Crippen LogP contribution in [0.25, 0.3) is 0 Å². The Bertz CT molecular complexity index is 502. The molecule has 0 aliphatic carbocycles. The van der Waals surface area contributed by atoms with Crippen LogP contribution in [-0.4, -0.2) is 29.1 Å². The van der Waals surface area contributed by atoms with Crippen LogP contribution in [-0.2, 0) is 22.6 Å². The molecule has 0 saturated heterocycles. The molecule has 1 heterocycles. The fraction of sp³-hybridized carbons (Fsp3) is 0.467. The Morgan fingerprint density at radius 3 is 2.75 bits per heavy atom. The second-order valence-corrected chi connectivity index (χ2v) is 5.12. The molecule has 0 fully saturated rings. The van der Waals surface area contributed by atoms with Crippen LogP contribution in [0, 0.1) is 0 Å². The predicted molar refractivity (Wildman–Crippen MR) is 75.2 cm³/mol. The van der Waals surface area contributed by atoms with Crippen molar-refractivity contribution in [3.8, 4) is 0 Å². The van der Waals surface area contributed by atoms with E-state index in [4.69, 9.17) is 5.11 Å². The number of nitrogens with one attached hydrogen (secondary N) is 2. The summed E-state index contributed by atoms with van der Waals surface area (Å²) in [7, 11) is 0. The molecule has 2 rings (SSSR count). The molecular weight excluding hydrogens is 256 g/mol. The van der Waals surface area contributed by atoms with Crippen LogP contribution >= 0.6 is 0 Å². The molecule has 0 saturated carbocycles. The maximum Gasteiger partial charge on any atom is 0.305 e. The monoisotopic (exact) mass is 276 g/mol. The van der Waals surface area contributed by atoms with Gasteiger partial charge in [-0.25, -0.2) is 0 Å². The van der Waals surface area contributed by atoms with Crippen LogP contribution in [0.4, 0.5) is 0 Å². The van der Waals surface area contributed by atoms with E-state index >= 15 is 0 Å². The minimum absolute atomic E-state index is 0.0362. The number of carbonyl (C=O) groups is 2. The van der Waals surface area contributed by atoms with Gasteiger partial charge in [-0.15, -0.1) is 0 Å². The van der Waals surface area contributed by atoms with E-state index in [1.54, 1.807) is 0 Å². The summed E-state index contributed by atoms with van der Waals surface area (Å²) in [5.41, 5.74) is 2.40. The lowest BCUT2D eigenvalue weighted by Crippen LogP contribution is -2.50. The summed E-state index contributed by atoms with van der Waals surface area (Å²) >= 11 is 0. The summed E-state index contributed by atoms with van der Waals surface area (Å²) < 4.78 is 0. The lowest BCUT2D eigenvalue weighted by molar-refractivity contribution is -0.137. The first-order valence-electron chi connectivity index (χ1n) is 6.92. The number of hydrogen-bond donors (Lipinski definition) is 3. The Morgan fingerprint density at radius 1 is 1.40 bits per heavy atom. The van der Waals surface area contributed by atoms with Gasteiger partial charge in [0.2, 0.25) is 5.91 Å². The Balaban J connectivity index is 1.95. The number of amides is 1. The van der Waals surface area contributed by atoms with Crippen LogP contribution in [0.2, 0.25) is 0 Å². The minimum atomic E-state index is -0.890. The van der Waals surface area contributed by atoms with E-state index in [-0.39, 0.29) is 24.4 Å². The van der Waals surface area contributed by atoms with Crippen molar-refractivity contribution < 1.29 is 14.7 Å². The minimum Gasteiger partial charge on any atom is -0.481 e. The highest BCUT2D eigenvalue weighted by Gasteiger charge is 2.25. The quantitative estimate of drug-likeness (QED) is 0.751. The summed E-state index contributed by atoms with van der Waals surface area (Å²) in [5, 5.41) is 14.8. The van der Waals surface area contributed by atoms with Gasteiger partial charge in [0.15, 0.2) is 0 Å². The number of carboxylic acid groups (broad SMARTS) is 1. The van der Waals surface area contributed by atoms with Crippen molar-refractivity contribution in [1.29, 1.82) is 0 Å². The molecule has 2 atom stereocenters. The van der Waals surface area contributed by atoms with E-state index in [9.17, 15) is 9.59 Å². The molecule has 5 nitrogen and oxygen atoms in total. The number of fused-ring (bicyclic) bond motifs is 1. The molecule has 0 aromatic heterocycles. The average molecular weight is 276 g/mol. The molecule has 3 N–H and O–H groups in total. The van der Waals surface area contributed by atoms with Gasteiger partial charge in [0, 0.05) is 12.6 Å². The summed E-state index contributed by atoms with van der Waals surface area (Å²) in [6.45, 7) is 2.54. The van der Waals surface area contributed by atoms with Crippen LogP contribution in [0.1, 0.15) is 30.9 Å². The molecule has 1 aliphatic rings. The molecule has 1 aromatic rings. The molecule has 0 bridgehead atoms. The van der Waals surface area contributed by atoms with Gasteiger partial charge in [-0.1, -0.05) is 31.2 Å².